The summed E-state index contributed by atoms with van der Waals surface area (Å²) in [5.74, 6) is -2.88. The zero-order chi connectivity index (χ0) is 49.1. The highest BCUT2D eigenvalue weighted by Gasteiger charge is 2.85. The largest absolute Gasteiger partial charge is 0.459 e. The molecule has 18 heteroatoms. The second-order valence-electron chi connectivity index (χ2n) is 20.9. The number of carbonyl (C=O) groups excluding carboxylic acids is 2. The van der Waals surface area contributed by atoms with Crippen molar-refractivity contribution < 1.29 is 71.9 Å². The van der Waals surface area contributed by atoms with Gasteiger partial charge in [-0.25, -0.2) is 0 Å². The van der Waals surface area contributed by atoms with E-state index in [2.05, 4.69) is 11.8 Å². The Labute approximate surface area is 394 Å². The number of nitrogens with zero attached hydrogens (tertiary/aromatic N) is 2. The van der Waals surface area contributed by atoms with Crippen LogP contribution in [0.4, 0.5) is 0 Å². The molecule has 4 N–H and O–H groups in total. The van der Waals surface area contributed by atoms with E-state index in [1.807, 2.05) is 74.5 Å². The predicted octanol–water partition coefficient (Wildman–Crippen LogP) is 3.38. The first-order chi connectivity index (χ1) is 30.9. The number of aliphatic hydroxyl groups excluding tert-OH is 1. The molecule has 5 fully saturated rings. The summed E-state index contributed by atoms with van der Waals surface area (Å²) in [6.45, 7) is 23.1. The number of epoxide rings is 1. The SMILES string of the molecule is CC[C@H]1OC(=O)[C@H](C)[C@@H](OC2C[C@@](C)(OC)[C@@H](OCCCOCCCN)[C@H](C)O2)[C@H](C)[C@@H](O[C@@H]2O[C@H](C)C[C@H](N(C)C)[C@H]2OC(C)=O)[C@](C)(O)C[C@@H](C)CN(C)[C@@H](C)C2O[C@@H](O)C23O[C@]13C. The minimum Gasteiger partial charge on any atom is -0.459 e. The van der Waals surface area contributed by atoms with Crippen molar-refractivity contribution in [2.24, 2.45) is 23.5 Å². The Morgan fingerprint density at radius 1 is 0.955 bits per heavy atom. The number of methoxy groups -OCH3 is 1. The lowest BCUT2D eigenvalue weighted by Gasteiger charge is -2.50. The summed E-state index contributed by atoms with van der Waals surface area (Å²) in [5, 5.41) is 24.1. The van der Waals surface area contributed by atoms with Gasteiger partial charge in [-0.1, -0.05) is 20.8 Å². The summed E-state index contributed by atoms with van der Waals surface area (Å²) in [6, 6.07) is -0.472. The van der Waals surface area contributed by atoms with Crippen molar-refractivity contribution in [2.75, 3.05) is 61.2 Å². The molecule has 0 radical (unpaired) electrons. The first-order valence-corrected chi connectivity index (χ1v) is 24.5. The molecule has 5 aliphatic heterocycles. The Morgan fingerprint density at radius 3 is 2.24 bits per heavy atom. The third kappa shape index (κ3) is 11.8. The van der Waals surface area contributed by atoms with Crippen LogP contribution in [0.5, 0.6) is 0 Å². The van der Waals surface area contributed by atoms with E-state index < -0.39 is 108 Å². The van der Waals surface area contributed by atoms with Crippen molar-refractivity contribution in [3.05, 3.63) is 0 Å². The Balaban J connectivity index is 1.54. The number of hydrogen-bond acceptors (Lipinski definition) is 18. The van der Waals surface area contributed by atoms with Crippen molar-refractivity contribution >= 4 is 11.9 Å². The number of carbonyl (C=O) groups is 2. The van der Waals surface area contributed by atoms with Crippen LogP contribution in [0.3, 0.4) is 0 Å². The maximum atomic E-state index is 14.8. The molecule has 0 saturated carbocycles. The number of cyclic esters (lactones) is 1. The third-order valence-corrected chi connectivity index (χ3v) is 15.2. The number of likely N-dealkylation sites (N-methyl/N-ethyl adjacent to an activating group) is 2. The lowest BCUT2D eigenvalue weighted by molar-refractivity contribution is -0.321. The highest BCUT2D eigenvalue weighted by molar-refractivity contribution is 5.73. The molecule has 0 aromatic carbocycles. The lowest BCUT2D eigenvalue weighted by Crippen LogP contribution is -2.68. The Hall–Kier alpha value is -1.62. The van der Waals surface area contributed by atoms with Gasteiger partial charge in [0, 0.05) is 58.8 Å². The number of aliphatic hydroxyl groups is 2. The minimum atomic E-state index is -1.58. The fourth-order valence-corrected chi connectivity index (χ4v) is 11.4. The summed E-state index contributed by atoms with van der Waals surface area (Å²) in [7, 11) is 7.45. The van der Waals surface area contributed by atoms with Gasteiger partial charge in [-0.2, -0.15) is 0 Å². The summed E-state index contributed by atoms with van der Waals surface area (Å²) in [6.07, 6.45) is -5.64. The van der Waals surface area contributed by atoms with E-state index in [0.717, 1.165) is 6.42 Å². The van der Waals surface area contributed by atoms with Crippen LogP contribution in [0.25, 0.3) is 0 Å². The quantitative estimate of drug-likeness (QED) is 0.115. The molecule has 0 aliphatic carbocycles. The Morgan fingerprint density at radius 2 is 1.64 bits per heavy atom. The molecule has 3 unspecified atom stereocenters. The maximum absolute atomic E-state index is 14.8. The normalized spacial score (nSPS) is 46.2. The highest BCUT2D eigenvalue weighted by Crippen LogP contribution is 2.63. The first kappa shape index (κ1) is 55.3. The predicted molar refractivity (Wildman–Crippen MR) is 243 cm³/mol. The van der Waals surface area contributed by atoms with Crippen molar-refractivity contribution in [1.82, 2.24) is 9.80 Å². The number of ether oxygens (including phenoxy) is 11. The highest BCUT2D eigenvalue weighted by atomic mass is 16.8. The van der Waals surface area contributed by atoms with Crippen LogP contribution < -0.4 is 5.73 Å². The van der Waals surface area contributed by atoms with Crippen molar-refractivity contribution in [3.63, 3.8) is 0 Å². The van der Waals surface area contributed by atoms with E-state index in [1.165, 1.54) is 6.92 Å². The maximum Gasteiger partial charge on any atom is 0.311 e. The van der Waals surface area contributed by atoms with Crippen LogP contribution in [0.2, 0.25) is 0 Å². The standard InChI is InChI=1S/C48H87N3O15/c1-16-35-47(11)48(66-47)40(65-44(48)54)31(6)51(14)26-27(2)24-45(9,55)39(64-43-38(61-33(8)52)34(50(12)13)23-28(3)59-43)29(4)37(30(5)42(53)62-35)63-36-25-46(10,56-15)41(32(7)60-36)58-22-18-21-57-20-17-19-49/h27-32,34-41,43-44,54-55H,16-26,49H2,1-15H3/t27-,28-,29+,30-,31+,32+,34+,35-,36?,37+,38-,39-,40?,41+,43+,44-,45-,46-,47-,48?/m1/s1. The molecule has 5 saturated heterocycles. The van der Waals surface area contributed by atoms with Crippen LogP contribution in [-0.4, -0.2) is 195 Å². The number of esters is 2. The van der Waals surface area contributed by atoms with E-state index in [9.17, 15) is 19.8 Å². The monoisotopic (exact) mass is 946 g/mol. The molecular formula is C48H87N3O15. The van der Waals surface area contributed by atoms with E-state index >= 15 is 0 Å². The summed E-state index contributed by atoms with van der Waals surface area (Å²) in [5.41, 5.74) is 1.05. The molecule has 66 heavy (non-hydrogen) atoms. The van der Waals surface area contributed by atoms with Gasteiger partial charge in [0.1, 0.15) is 23.9 Å². The third-order valence-electron chi connectivity index (χ3n) is 15.2. The van der Waals surface area contributed by atoms with Gasteiger partial charge in [-0.3, -0.25) is 9.59 Å². The van der Waals surface area contributed by atoms with Gasteiger partial charge in [-0.05, 0) is 114 Å². The van der Waals surface area contributed by atoms with Gasteiger partial charge in [0.15, 0.2) is 30.6 Å². The van der Waals surface area contributed by atoms with Gasteiger partial charge >= 0.3 is 11.9 Å². The summed E-state index contributed by atoms with van der Waals surface area (Å²) in [4.78, 5) is 31.6. The van der Waals surface area contributed by atoms with Crippen LogP contribution in [0.1, 0.15) is 115 Å². The second-order valence-corrected chi connectivity index (χ2v) is 20.9. The number of hydrogen-bond donors (Lipinski definition) is 3. The summed E-state index contributed by atoms with van der Waals surface area (Å²) < 4.78 is 70.4. The molecular weight excluding hydrogens is 859 g/mol. The minimum absolute atomic E-state index is 0.111. The van der Waals surface area contributed by atoms with E-state index in [4.69, 9.17) is 57.8 Å². The van der Waals surface area contributed by atoms with E-state index in [1.54, 1.807) is 21.0 Å². The molecule has 5 aliphatic rings. The average Bonchev–Trinajstić information content (AvgIpc) is 3.92. The van der Waals surface area contributed by atoms with E-state index in [-0.39, 0.29) is 36.9 Å². The fraction of sp³-hybridized carbons (Fsp3) is 0.958. The number of rotatable bonds is 16. The molecule has 5 heterocycles. The molecule has 0 aromatic heterocycles. The van der Waals surface area contributed by atoms with Gasteiger partial charge in [0.05, 0.1) is 47.6 Å². The van der Waals surface area contributed by atoms with Crippen LogP contribution in [0.15, 0.2) is 0 Å². The molecule has 0 aromatic rings. The van der Waals surface area contributed by atoms with Crippen molar-refractivity contribution in [3.8, 4) is 0 Å². The second kappa shape index (κ2) is 22.6. The Kier molecular flexibility index (Phi) is 19.0. The molecule has 384 valence electrons. The molecule has 5 rings (SSSR count). The molecule has 0 amide bonds. The van der Waals surface area contributed by atoms with Gasteiger partial charge in [0.25, 0.3) is 0 Å². The van der Waals surface area contributed by atoms with Crippen LogP contribution in [-0.2, 0) is 61.7 Å². The van der Waals surface area contributed by atoms with Gasteiger partial charge < -0.3 is 77.9 Å². The molecule has 0 bridgehead atoms. The van der Waals surface area contributed by atoms with Gasteiger partial charge in [0.2, 0.25) is 0 Å². The Bertz CT molecular complexity index is 1580. The topological polar surface area (TPSA) is 212 Å². The zero-order valence-electron chi connectivity index (χ0n) is 42.7. The zero-order valence-corrected chi connectivity index (χ0v) is 42.7. The van der Waals surface area contributed by atoms with Crippen molar-refractivity contribution in [2.45, 2.75) is 217 Å². The number of nitrogens with two attached hydrogens (primary N) is 1. The fourth-order valence-electron chi connectivity index (χ4n) is 11.4. The first-order valence-electron chi connectivity index (χ1n) is 24.5. The van der Waals surface area contributed by atoms with Crippen LogP contribution in [0, 0.1) is 17.8 Å². The lowest BCUT2D eigenvalue weighted by atomic mass is 9.76. The molecule has 18 nitrogen and oxygen atoms in total. The molecule has 1 spiro atoms. The van der Waals surface area contributed by atoms with Crippen molar-refractivity contribution in [1.29, 1.82) is 0 Å². The summed E-state index contributed by atoms with van der Waals surface area (Å²) >= 11 is 0. The molecule has 20 atom stereocenters. The van der Waals surface area contributed by atoms with Crippen LogP contribution >= 0.6 is 0 Å². The van der Waals surface area contributed by atoms with E-state index in [0.29, 0.717) is 52.2 Å². The van der Waals surface area contributed by atoms with Gasteiger partial charge in [-0.15, -0.1) is 0 Å². The smallest absolute Gasteiger partial charge is 0.311 e. The average molecular weight is 946 g/mol.